The molecular formula is C22H23FN4OS2. The van der Waals surface area contributed by atoms with Gasteiger partial charge in [-0.1, -0.05) is 35.5 Å². The Labute approximate surface area is 183 Å². The highest BCUT2D eigenvalue weighted by molar-refractivity contribution is 7.99. The molecule has 0 fully saturated rings. The van der Waals surface area contributed by atoms with E-state index in [-0.39, 0.29) is 23.5 Å². The van der Waals surface area contributed by atoms with Crippen LogP contribution in [0.1, 0.15) is 30.5 Å². The van der Waals surface area contributed by atoms with Crippen LogP contribution in [0.25, 0.3) is 11.4 Å². The molecule has 4 rings (SSSR count). The molecular weight excluding hydrogens is 419 g/mol. The van der Waals surface area contributed by atoms with Gasteiger partial charge in [-0.05, 0) is 50.1 Å². The zero-order valence-corrected chi connectivity index (χ0v) is 18.5. The number of carbonyl (C=O) groups excluding carboxylic acids is 1. The smallest absolute Gasteiger partial charge is 0.230 e. The first kappa shape index (κ1) is 20.9. The van der Waals surface area contributed by atoms with Gasteiger partial charge in [0.25, 0.3) is 0 Å². The predicted octanol–water partition coefficient (Wildman–Crippen LogP) is 4.86. The van der Waals surface area contributed by atoms with Crippen LogP contribution >= 0.6 is 23.5 Å². The van der Waals surface area contributed by atoms with Crippen molar-refractivity contribution in [3.63, 3.8) is 0 Å². The van der Waals surface area contributed by atoms with E-state index in [1.807, 2.05) is 36.6 Å². The van der Waals surface area contributed by atoms with Crippen molar-refractivity contribution >= 4 is 29.4 Å². The number of hydrogen-bond donors (Lipinski definition) is 1. The van der Waals surface area contributed by atoms with Crippen LogP contribution in [0.15, 0.2) is 52.5 Å². The highest BCUT2D eigenvalue weighted by atomic mass is 32.2. The number of benzene rings is 2. The van der Waals surface area contributed by atoms with Crippen LogP contribution in [-0.2, 0) is 11.3 Å². The van der Waals surface area contributed by atoms with Gasteiger partial charge in [0, 0.05) is 22.8 Å². The molecule has 5 nitrogen and oxygen atoms in total. The Morgan fingerprint density at radius 3 is 2.97 bits per heavy atom. The van der Waals surface area contributed by atoms with Crippen LogP contribution in [-0.4, -0.2) is 32.2 Å². The molecule has 1 N–H and O–H groups in total. The molecule has 0 spiro atoms. The third-order valence-corrected chi connectivity index (χ3v) is 7.08. The van der Waals surface area contributed by atoms with Crippen molar-refractivity contribution in [1.82, 2.24) is 20.1 Å². The first-order valence-corrected chi connectivity index (χ1v) is 11.9. The van der Waals surface area contributed by atoms with Gasteiger partial charge in [0.05, 0.1) is 11.8 Å². The van der Waals surface area contributed by atoms with E-state index in [2.05, 4.69) is 21.6 Å². The summed E-state index contributed by atoms with van der Waals surface area (Å²) in [6, 6.07) is 12.8. The number of fused-ring (bicyclic) bond motifs is 1. The fourth-order valence-corrected chi connectivity index (χ4v) is 5.48. The maximum atomic E-state index is 13.7. The molecule has 0 aliphatic carbocycles. The lowest BCUT2D eigenvalue weighted by Gasteiger charge is -2.26. The minimum absolute atomic E-state index is 0.0881. The zero-order valence-electron chi connectivity index (χ0n) is 16.9. The van der Waals surface area contributed by atoms with Gasteiger partial charge in [-0.15, -0.1) is 22.0 Å². The van der Waals surface area contributed by atoms with E-state index in [0.717, 1.165) is 44.7 Å². The molecule has 30 heavy (non-hydrogen) atoms. The van der Waals surface area contributed by atoms with Crippen LogP contribution < -0.4 is 5.32 Å². The maximum Gasteiger partial charge on any atom is 0.230 e. The van der Waals surface area contributed by atoms with Crippen molar-refractivity contribution in [3.8, 4) is 11.4 Å². The maximum absolute atomic E-state index is 13.7. The second-order valence-electron chi connectivity index (χ2n) is 7.15. The standard InChI is InChI=1S/C22H23FN4OS2/c1-3-27-21(15-6-4-5-14(2)11-15)25-26-22(27)30-13-20(28)24-18-9-10-29-19-8-7-16(23)12-17(18)19/h4-8,11-12,18H,3,9-10,13H2,1-2H3,(H,24,28). The largest absolute Gasteiger partial charge is 0.348 e. The van der Waals surface area contributed by atoms with E-state index in [0.29, 0.717) is 6.54 Å². The molecule has 0 radical (unpaired) electrons. The second-order valence-corrected chi connectivity index (χ2v) is 9.23. The van der Waals surface area contributed by atoms with E-state index in [1.165, 1.54) is 23.9 Å². The van der Waals surface area contributed by atoms with Gasteiger partial charge in [-0.25, -0.2) is 4.39 Å². The Balaban J connectivity index is 1.43. The molecule has 0 saturated carbocycles. The summed E-state index contributed by atoms with van der Waals surface area (Å²) < 4.78 is 15.7. The number of amides is 1. The average Bonchev–Trinajstić information content (AvgIpc) is 3.15. The third-order valence-electron chi connectivity index (χ3n) is 4.99. The number of thioether (sulfide) groups is 2. The molecule has 1 aliphatic rings. The molecule has 0 bridgehead atoms. The van der Waals surface area contributed by atoms with Gasteiger partial charge in [-0.2, -0.15) is 0 Å². The summed E-state index contributed by atoms with van der Waals surface area (Å²) in [6.45, 7) is 4.80. The van der Waals surface area contributed by atoms with E-state index in [1.54, 1.807) is 17.8 Å². The Kier molecular flexibility index (Phi) is 6.43. The number of rotatable bonds is 6. The van der Waals surface area contributed by atoms with Gasteiger partial charge in [0.15, 0.2) is 11.0 Å². The highest BCUT2D eigenvalue weighted by Crippen LogP contribution is 2.36. The summed E-state index contributed by atoms with van der Waals surface area (Å²) in [5.74, 6) is 1.58. The topological polar surface area (TPSA) is 59.8 Å². The average molecular weight is 443 g/mol. The molecule has 1 aliphatic heterocycles. The lowest BCUT2D eigenvalue weighted by molar-refractivity contribution is -0.119. The first-order chi connectivity index (χ1) is 14.5. The van der Waals surface area contributed by atoms with Crippen molar-refractivity contribution < 1.29 is 9.18 Å². The molecule has 2 aromatic carbocycles. The first-order valence-electron chi connectivity index (χ1n) is 9.90. The van der Waals surface area contributed by atoms with Gasteiger partial charge in [0.1, 0.15) is 5.82 Å². The number of halogens is 1. The summed E-state index contributed by atoms with van der Waals surface area (Å²) in [5, 5.41) is 12.4. The van der Waals surface area contributed by atoms with E-state index >= 15 is 0 Å². The number of carbonyl (C=O) groups is 1. The number of aryl methyl sites for hydroxylation is 1. The fourth-order valence-electron chi connectivity index (χ4n) is 3.56. The van der Waals surface area contributed by atoms with E-state index < -0.39 is 0 Å². The highest BCUT2D eigenvalue weighted by Gasteiger charge is 2.23. The van der Waals surface area contributed by atoms with Crippen LogP contribution in [0, 0.1) is 12.7 Å². The van der Waals surface area contributed by atoms with Crippen LogP contribution in [0.3, 0.4) is 0 Å². The van der Waals surface area contributed by atoms with Crippen LogP contribution in [0.2, 0.25) is 0 Å². The van der Waals surface area contributed by atoms with Crippen molar-refractivity contribution in [3.05, 3.63) is 59.4 Å². The second kappa shape index (κ2) is 9.22. The number of nitrogens with one attached hydrogen (secondary N) is 1. The van der Waals surface area contributed by atoms with Crippen molar-refractivity contribution in [2.24, 2.45) is 0 Å². The van der Waals surface area contributed by atoms with Gasteiger partial charge in [0.2, 0.25) is 5.91 Å². The molecule has 3 aromatic rings. The number of hydrogen-bond acceptors (Lipinski definition) is 5. The quantitative estimate of drug-likeness (QED) is 0.553. The summed E-state index contributed by atoms with van der Waals surface area (Å²) >= 11 is 3.07. The summed E-state index contributed by atoms with van der Waals surface area (Å²) in [5.41, 5.74) is 3.04. The van der Waals surface area contributed by atoms with Crippen molar-refractivity contribution in [1.29, 1.82) is 0 Å². The third kappa shape index (κ3) is 4.54. The minimum atomic E-state index is -0.274. The Morgan fingerprint density at radius 1 is 1.30 bits per heavy atom. The van der Waals surface area contributed by atoms with E-state index in [9.17, 15) is 9.18 Å². The summed E-state index contributed by atoms with van der Waals surface area (Å²) in [6.07, 6.45) is 0.792. The van der Waals surface area contributed by atoms with Gasteiger partial charge >= 0.3 is 0 Å². The Bertz CT molecular complexity index is 1070. The van der Waals surface area contributed by atoms with Gasteiger partial charge in [-0.3, -0.25) is 4.79 Å². The molecule has 0 saturated heterocycles. The fraction of sp³-hybridized carbons (Fsp3) is 0.318. The number of aromatic nitrogens is 3. The SMILES string of the molecule is CCn1c(SCC(=O)NC2CCSc3ccc(F)cc32)nnc1-c1cccc(C)c1. The summed E-state index contributed by atoms with van der Waals surface area (Å²) in [7, 11) is 0. The van der Waals surface area contributed by atoms with Crippen LogP contribution in [0.4, 0.5) is 4.39 Å². The van der Waals surface area contributed by atoms with Gasteiger partial charge < -0.3 is 9.88 Å². The van der Waals surface area contributed by atoms with E-state index in [4.69, 9.17) is 0 Å². The Hall–Kier alpha value is -2.32. The van der Waals surface area contributed by atoms with Crippen LogP contribution in [0.5, 0.6) is 0 Å². The summed E-state index contributed by atoms with van der Waals surface area (Å²) in [4.78, 5) is 13.6. The molecule has 2 heterocycles. The predicted molar refractivity (Wildman–Crippen MR) is 119 cm³/mol. The lowest BCUT2D eigenvalue weighted by Crippen LogP contribution is -2.32. The Morgan fingerprint density at radius 2 is 2.17 bits per heavy atom. The minimum Gasteiger partial charge on any atom is -0.348 e. The monoisotopic (exact) mass is 442 g/mol. The zero-order chi connectivity index (χ0) is 21.1. The molecule has 8 heteroatoms. The van der Waals surface area contributed by atoms with Crippen molar-refractivity contribution in [2.75, 3.05) is 11.5 Å². The molecule has 156 valence electrons. The molecule has 1 unspecified atom stereocenters. The normalized spacial score (nSPS) is 15.6. The molecule has 1 aromatic heterocycles. The molecule has 1 amide bonds. The number of nitrogens with zero attached hydrogens (tertiary/aromatic N) is 3. The lowest BCUT2D eigenvalue weighted by atomic mass is 10.0. The van der Waals surface area contributed by atoms with Crippen molar-refractivity contribution in [2.45, 2.75) is 42.9 Å². The molecule has 1 atom stereocenters.